The second-order valence-electron chi connectivity index (χ2n) is 4.40. The minimum Gasteiger partial charge on any atom is -0.486 e. The summed E-state index contributed by atoms with van der Waals surface area (Å²) in [6.45, 7) is 3.40. The zero-order valence-electron chi connectivity index (χ0n) is 9.57. The third-order valence-electron chi connectivity index (χ3n) is 3.19. The molecule has 5 heteroatoms. The van der Waals surface area contributed by atoms with Crippen molar-refractivity contribution in [1.29, 1.82) is 0 Å². The van der Waals surface area contributed by atoms with E-state index in [1.807, 2.05) is 6.07 Å². The minimum atomic E-state index is 0.251. The number of rotatable bonds is 1. The largest absolute Gasteiger partial charge is 0.486 e. The smallest absolute Gasteiger partial charge is 0.161 e. The van der Waals surface area contributed by atoms with Crippen molar-refractivity contribution < 1.29 is 9.47 Å². The Morgan fingerprint density at radius 3 is 2.65 bits per heavy atom. The van der Waals surface area contributed by atoms with Gasteiger partial charge in [-0.2, -0.15) is 0 Å². The Hall–Kier alpha value is -0.780. The fourth-order valence-electron chi connectivity index (χ4n) is 2.19. The first kappa shape index (κ1) is 11.3. The van der Waals surface area contributed by atoms with Crippen LogP contribution in [0.3, 0.4) is 0 Å². The lowest BCUT2D eigenvalue weighted by molar-refractivity contribution is 0.171. The van der Waals surface area contributed by atoms with E-state index in [1.54, 1.807) is 0 Å². The van der Waals surface area contributed by atoms with Crippen molar-refractivity contribution in [2.75, 3.05) is 13.2 Å². The van der Waals surface area contributed by atoms with Gasteiger partial charge in [0.15, 0.2) is 11.5 Å². The van der Waals surface area contributed by atoms with E-state index in [-0.39, 0.29) is 6.04 Å². The fourth-order valence-corrected chi connectivity index (χ4v) is 2.76. The molecule has 92 valence electrons. The SMILES string of the molecule is CC1NNC(c2ccc3c(c2)OCCO3)C1Br. The Balaban J connectivity index is 1.88. The van der Waals surface area contributed by atoms with Crippen molar-refractivity contribution in [3.63, 3.8) is 0 Å². The first-order valence-electron chi connectivity index (χ1n) is 5.80. The van der Waals surface area contributed by atoms with Crippen LogP contribution < -0.4 is 20.3 Å². The van der Waals surface area contributed by atoms with E-state index in [9.17, 15) is 0 Å². The normalized spacial score (nSPS) is 31.5. The summed E-state index contributed by atoms with van der Waals surface area (Å²) >= 11 is 3.71. The molecule has 0 spiro atoms. The van der Waals surface area contributed by atoms with E-state index < -0.39 is 0 Å². The summed E-state index contributed by atoms with van der Waals surface area (Å²) in [5, 5.41) is 0. The van der Waals surface area contributed by atoms with Crippen molar-refractivity contribution in [2.24, 2.45) is 0 Å². The first-order chi connectivity index (χ1) is 8.25. The van der Waals surface area contributed by atoms with Crippen LogP contribution in [0, 0.1) is 0 Å². The molecule has 0 aromatic heterocycles. The lowest BCUT2D eigenvalue weighted by atomic mass is 10.0. The highest BCUT2D eigenvalue weighted by atomic mass is 79.9. The Bertz CT molecular complexity index is 427. The van der Waals surface area contributed by atoms with Crippen LogP contribution in [0.1, 0.15) is 18.5 Å². The molecule has 0 amide bonds. The van der Waals surface area contributed by atoms with Gasteiger partial charge in [0, 0.05) is 6.04 Å². The van der Waals surface area contributed by atoms with Crippen LogP contribution in [-0.4, -0.2) is 24.1 Å². The Morgan fingerprint density at radius 1 is 1.18 bits per heavy atom. The van der Waals surface area contributed by atoms with Crippen molar-refractivity contribution in [3.05, 3.63) is 23.8 Å². The number of ether oxygens (including phenoxy) is 2. The lowest BCUT2D eigenvalue weighted by Crippen LogP contribution is -2.29. The molecule has 3 rings (SSSR count). The van der Waals surface area contributed by atoms with Crippen LogP contribution >= 0.6 is 15.9 Å². The molecule has 3 unspecified atom stereocenters. The summed E-state index contributed by atoms with van der Waals surface area (Å²) in [7, 11) is 0. The van der Waals surface area contributed by atoms with Gasteiger partial charge >= 0.3 is 0 Å². The minimum absolute atomic E-state index is 0.251. The predicted octanol–water partition coefficient (Wildman–Crippen LogP) is 1.76. The molecule has 1 aromatic carbocycles. The summed E-state index contributed by atoms with van der Waals surface area (Å²) in [6, 6.07) is 6.77. The molecule has 2 aliphatic heterocycles. The van der Waals surface area contributed by atoms with Crippen molar-refractivity contribution in [2.45, 2.75) is 23.8 Å². The summed E-state index contributed by atoms with van der Waals surface area (Å²) in [5.41, 5.74) is 7.72. The zero-order chi connectivity index (χ0) is 11.8. The molecule has 2 heterocycles. The molecule has 4 nitrogen and oxygen atoms in total. The number of hydrogen-bond donors (Lipinski definition) is 2. The molecule has 2 aliphatic rings. The van der Waals surface area contributed by atoms with Gasteiger partial charge in [-0.15, -0.1) is 0 Å². The topological polar surface area (TPSA) is 42.5 Å². The number of halogens is 1. The van der Waals surface area contributed by atoms with E-state index in [1.165, 1.54) is 5.56 Å². The van der Waals surface area contributed by atoms with Gasteiger partial charge in [0.1, 0.15) is 13.2 Å². The van der Waals surface area contributed by atoms with E-state index >= 15 is 0 Å². The summed E-state index contributed by atoms with van der Waals surface area (Å²) in [6.07, 6.45) is 0. The van der Waals surface area contributed by atoms with Gasteiger partial charge in [-0.05, 0) is 24.6 Å². The molecule has 17 heavy (non-hydrogen) atoms. The highest BCUT2D eigenvalue weighted by molar-refractivity contribution is 9.09. The maximum absolute atomic E-state index is 5.60. The highest BCUT2D eigenvalue weighted by Crippen LogP contribution is 2.36. The van der Waals surface area contributed by atoms with E-state index in [4.69, 9.17) is 9.47 Å². The van der Waals surface area contributed by atoms with Crippen LogP contribution in [-0.2, 0) is 0 Å². The number of fused-ring (bicyclic) bond motifs is 1. The highest BCUT2D eigenvalue weighted by Gasteiger charge is 2.32. The van der Waals surface area contributed by atoms with E-state index in [0.29, 0.717) is 24.1 Å². The van der Waals surface area contributed by atoms with Crippen molar-refractivity contribution >= 4 is 15.9 Å². The molecule has 0 aliphatic carbocycles. The summed E-state index contributed by atoms with van der Waals surface area (Å²) < 4.78 is 11.1. The van der Waals surface area contributed by atoms with E-state index in [2.05, 4.69) is 45.8 Å². The van der Waals surface area contributed by atoms with E-state index in [0.717, 1.165) is 11.5 Å². The average molecular weight is 299 g/mol. The van der Waals surface area contributed by atoms with Gasteiger partial charge in [0.2, 0.25) is 0 Å². The van der Waals surface area contributed by atoms with Gasteiger partial charge in [-0.3, -0.25) is 5.43 Å². The van der Waals surface area contributed by atoms with Crippen LogP contribution in [0.5, 0.6) is 11.5 Å². The molecular weight excluding hydrogens is 284 g/mol. The molecule has 3 atom stereocenters. The van der Waals surface area contributed by atoms with Crippen LogP contribution in [0.4, 0.5) is 0 Å². The Labute approximate surface area is 109 Å². The molecule has 0 bridgehead atoms. The average Bonchev–Trinajstić information content (AvgIpc) is 2.70. The third kappa shape index (κ3) is 2.03. The lowest BCUT2D eigenvalue weighted by Gasteiger charge is -2.21. The summed E-state index contributed by atoms with van der Waals surface area (Å²) in [5.74, 6) is 1.68. The predicted molar refractivity (Wildman–Crippen MR) is 68.6 cm³/mol. The Morgan fingerprint density at radius 2 is 1.94 bits per heavy atom. The molecule has 1 saturated heterocycles. The first-order valence-corrected chi connectivity index (χ1v) is 6.72. The van der Waals surface area contributed by atoms with Gasteiger partial charge in [-0.25, -0.2) is 5.43 Å². The summed E-state index contributed by atoms with van der Waals surface area (Å²) in [4.78, 5) is 0.366. The zero-order valence-corrected chi connectivity index (χ0v) is 11.2. The molecular formula is C12H15BrN2O2. The van der Waals surface area contributed by atoms with Crippen LogP contribution in [0.2, 0.25) is 0 Å². The van der Waals surface area contributed by atoms with Crippen LogP contribution in [0.25, 0.3) is 0 Å². The number of hydrazine groups is 1. The second-order valence-corrected chi connectivity index (χ2v) is 5.46. The van der Waals surface area contributed by atoms with Gasteiger partial charge in [-0.1, -0.05) is 22.0 Å². The monoisotopic (exact) mass is 298 g/mol. The number of nitrogens with one attached hydrogen (secondary N) is 2. The number of hydrogen-bond acceptors (Lipinski definition) is 4. The molecule has 2 N–H and O–H groups in total. The fraction of sp³-hybridized carbons (Fsp3) is 0.500. The van der Waals surface area contributed by atoms with Crippen LogP contribution in [0.15, 0.2) is 18.2 Å². The quantitative estimate of drug-likeness (QED) is 0.776. The molecule has 1 fully saturated rings. The Kier molecular flexibility index (Phi) is 2.98. The molecule has 0 radical (unpaired) electrons. The molecule has 0 saturated carbocycles. The standard InChI is InChI=1S/C12H15BrN2O2/c1-7-11(13)12(15-14-7)8-2-3-9-10(6-8)17-5-4-16-9/h2-3,6-7,11-12,14-15H,4-5H2,1H3. The molecule has 1 aromatic rings. The number of alkyl halides is 1. The van der Waals surface area contributed by atoms with Gasteiger partial charge in [0.05, 0.1) is 10.9 Å². The number of benzene rings is 1. The second kappa shape index (κ2) is 4.48. The van der Waals surface area contributed by atoms with Crippen molar-refractivity contribution in [3.8, 4) is 11.5 Å². The maximum atomic E-state index is 5.60. The maximum Gasteiger partial charge on any atom is 0.161 e. The van der Waals surface area contributed by atoms with Crippen molar-refractivity contribution in [1.82, 2.24) is 10.9 Å². The van der Waals surface area contributed by atoms with Gasteiger partial charge in [0.25, 0.3) is 0 Å². The third-order valence-corrected chi connectivity index (χ3v) is 4.51. The van der Waals surface area contributed by atoms with Gasteiger partial charge < -0.3 is 9.47 Å².